The molecule has 4 nitrogen and oxygen atoms in total. The fourth-order valence-electron chi connectivity index (χ4n) is 1.79. The lowest BCUT2D eigenvalue weighted by atomic mass is 10.1. The molecule has 1 aromatic heterocycles. The smallest absolute Gasteiger partial charge is 0.416 e. The van der Waals surface area contributed by atoms with Crippen molar-refractivity contribution in [2.24, 2.45) is 0 Å². The molecule has 0 fully saturated rings. The highest BCUT2D eigenvalue weighted by Crippen LogP contribution is 2.35. The van der Waals surface area contributed by atoms with Gasteiger partial charge in [-0.2, -0.15) is 13.2 Å². The summed E-state index contributed by atoms with van der Waals surface area (Å²) in [5.74, 6) is -0.584. The molecule has 2 aromatic rings. The lowest BCUT2D eigenvalue weighted by molar-refractivity contribution is -0.137. The Balaban J connectivity index is 2.37. The van der Waals surface area contributed by atoms with Crippen molar-refractivity contribution in [1.29, 1.82) is 0 Å². The lowest BCUT2D eigenvalue weighted by Crippen LogP contribution is -2.17. The van der Waals surface area contributed by atoms with Crippen molar-refractivity contribution in [3.63, 3.8) is 0 Å². The number of hydrogen-bond acceptors (Lipinski definition) is 3. The van der Waals surface area contributed by atoms with Crippen LogP contribution in [0.3, 0.4) is 0 Å². The van der Waals surface area contributed by atoms with Crippen molar-refractivity contribution in [2.45, 2.75) is 6.18 Å². The molecule has 112 valence electrons. The zero-order chi connectivity index (χ0) is 15.6. The number of anilines is 2. The summed E-state index contributed by atoms with van der Waals surface area (Å²) in [5.41, 5.74) is -0.304. The number of alkyl halides is 3. The first kappa shape index (κ1) is 15.0. The minimum Gasteiger partial charge on any atom is -0.459 e. The largest absolute Gasteiger partial charge is 0.459 e. The number of nitrogens with zero attached hydrogens (tertiary/aromatic N) is 1. The summed E-state index contributed by atoms with van der Waals surface area (Å²) in [7, 11) is 3.34. The molecule has 0 radical (unpaired) electrons. The van der Waals surface area contributed by atoms with Gasteiger partial charge in [0.1, 0.15) is 0 Å². The van der Waals surface area contributed by atoms with E-state index in [0.717, 1.165) is 12.1 Å². The molecule has 0 aliphatic rings. The van der Waals surface area contributed by atoms with Gasteiger partial charge in [0.2, 0.25) is 0 Å². The molecule has 0 bridgehead atoms. The Morgan fingerprint density at radius 2 is 1.95 bits per heavy atom. The third-order valence-corrected chi connectivity index (χ3v) is 2.80. The first-order valence-electron chi connectivity index (χ1n) is 6.02. The van der Waals surface area contributed by atoms with Crippen LogP contribution in [0, 0.1) is 0 Å². The third-order valence-electron chi connectivity index (χ3n) is 2.80. The van der Waals surface area contributed by atoms with Gasteiger partial charge < -0.3 is 14.6 Å². The van der Waals surface area contributed by atoms with Gasteiger partial charge >= 0.3 is 6.18 Å². The fraction of sp³-hybridized carbons (Fsp3) is 0.214. The van der Waals surface area contributed by atoms with Crippen LogP contribution in [0.1, 0.15) is 16.1 Å². The minimum atomic E-state index is -4.48. The number of furan rings is 1. The van der Waals surface area contributed by atoms with Crippen molar-refractivity contribution in [3.8, 4) is 0 Å². The summed E-state index contributed by atoms with van der Waals surface area (Å²) in [6.45, 7) is 0. The molecule has 0 unspecified atom stereocenters. The fourth-order valence-corrected chi connectivity index (χ4v) is 1.79. The van der Waals surface area contributed by atoms with Crippen molar-refractivity contribution in [2.75, 3.05) is 24.3 Å². The Morgan fingerprint density at radius 3 is 2.48 bits per heavy atom. The van der Waals surface area contributed by atoms with E-state index in [4.69, 9.17) is 4.42 Å². The molecule has 1 heterocycles. The average molecular weight is 298 g/mol. The highest BCUT2D eigenvalue weighted by Gasteiger charge is 2.31. The van der Waals surface area contributed by atoms with E-state index < -0.39 is 17.6 Å². The van der Waals surface area contributed by atoms with E-state index in [1.54, 1.807) is 19.0 Å². The molecular formula is C14H13F3N2O2. The van der Waals surface area contributed by atoms with Crippen molar-refractivity contribution >= 4 is 17.3 Å². The maximum absolute atomic E-state index is 12.8. The normalized spacial score (nSPS) is 11.3. The van der Waals surface area contributed by atoms with E-state index in [0.29, 0.717) is 5.69 Å². The standard InChI is InChI=1S/C14H13F3N2O2/c1-19(2)11-6-5-9(14(15,16)17)8-10(11)18-13(20)12-4-3-7-21-12/h3-8H,1-2H3,(H,18,20). The van der Waals surface area contributed by atoms with Gasteiger partial charge in [-0.3, -0.25) is 4.79 Å². The summed E-state index contributed by atoms with van der Waals surface area (Å²) in [4.78, 5) is 13.5. The Morgan fingerprint density at radius 1 is 1.24 bits per heavy atom. The molecule has 0 saturated carbocycles. The summed E-state index contributed by atoms with van der Waals surface area (Å²) < 4.78 is 43.2. The Labute approximate surface area is 119 Å². The maximum atomic E-state index is 12.8. The van der Waals surface area contributed by atoms with Crippen LogP contribution < -0.4 is 10.2 Å². The molecule has 0 atom stereocenters. The van der Waals surface area contributed by atoms with Crippen LogP contribution in [0.4, 0.5) is 24.5 Å². The van der Waals surface area contributed by atoms with Gasteiger partial charge in [0.25, 0.3) is 5.91 Å². The quantitative estimate of drug-likeness (QED) is 0.941. The van der Waals surface area contributed by atoms with E-state index in [2.05, 4.69) is 5.32 Å². The number of nitrogens with one attached hydrogen (secondary N) is 1. The molecule has 0 spiro atoms. The van der Waals surface area contributed by atoms with Crippen LogP contribution in [-0.4, -0.2) is 20.0 Å². The first-order chi connectivity index (χ1) is 9.79. The predicted molar refractivity (Wildman–Crippen MR) is 72.4 cm³/mol. The molecule has 2 rings (SSSR count). The van der Waals surface area contributed by atoms with Gasteiger partial charge in [-0.15, -0.1) is 0 Å². The van der Waals surface area contributed by atoms with E-state index >= 15 is 0 Å². The molecule has 1 N–H and O–H groups in total. The van der Waals surface area contributed by atoms with E-state index in [1.807, 2.05) is 0 Å². The molecule has 0 aliphatic carbocycles. The van der Waals surface area contributed by atoms with Crippen molar-refractivity contribution < 1.29 is 22.4 Å². The van der Waals surface area contributed by atoms with Gasteiger partial charge in [-0.25, -0.2) is 0 Å². The zero-order valence-corrected chi connectivity index (χ0v) is 11.4. The lowest BCUT2D eigenvalue weighted by Gasteiger charge is -2.19. The Bertz CT molecular complexity index is 634. The van der Waals surface area contributed by atoms with Crippen LogP contribution in [0.15, 0.2) is 41.0 Å². The molecule has 1 amide bonds. The summed E-state index contributed by atoms with van der Waals surface area (Å²) in [6, 6.07) is 6.13. The first-order valence-corrected chi connectivity index (χ1v) is 6.02. The van der Waals surface area contributed by atoms with Crippen LogP contribution in [0.5, 0.6) is 0 Å². The number of carbonyl (C=O) groups excluding carboxylic acids is 1. The van der Waals surface area contributed by atoms with Gasteiger partial charge in [-0.1, -0.05) is 0 Å². The predicted octanol–water partition coefficient (Wildman–Crippen LogP) is 3.62. The third kappa shape index (κ3) is 3.36. The van der Waals surface area contributed by atoms with Gasteiger partial charge in [-0.05, 0) is 30.3 Å². The monoisotopic (exact) mass is 298 g/mol. The van der Waals surface area contributed by atoms with Crippen LogP contribution >= 0.6 is 0 Å². The van der Waals surface area contributed by atoms with Gasteiger partial charge in [0.05, 0.1) is 23.2 Å². The topological polar surface area (TPSA) is 45.5 Å². The zero-order valence-electron chi connectivity index (χ0n) is 11.4. The van der Waals surface area contributed by atoms with Gasteiger partial charge in [0, 0.05) is 14.1 Å². The summed E-state index contributed by atoms with van der Waals surface area (Å²) in [6.07, 6.45) is -3.16. The number of rotatable bonds is 3. The maximum Gasteiger partial charge on any atom is 0.416 e. The number of halogens is 3. The summed E-state index contributed by atoms with van der Waals surface area (Å²) >= 11 is 0. The second-order valence-electron chi connectivity index (χ2n) is 4.56. The number of carbonyl (C=O) groups is 1. The molecule has 1 aromatic carbocycles. The molecule has 7 heteroatoms. The Hall–Kier alpha value is -2.44. The Kier molecular flexibility index (Phi) is 3.93. The molecular weight excluding hydrogens is 285 g/mol. The van der Waals surface area contributed by atoms with Crippen molar-refractivity contribution in [1.82, 2.24) is 0 Å². The number of hydrogen-bond donors (Lipinski definition) is 1. The molecule has 0 saturated heterocycles. The van der Waals surface area contributed by atoms with Crippen molar-refractivity contribution in [3.05, 3.63) is 47.9 Å². The molecule has 0 aliphatic heterocycles. The van der Waals surface area contributed by atoms with Crippen LogP contribution in [-0.2, 0) is 6.18 Å². The SMILES string of the molecule is CN(C)c1ccc(C(F)(F)F)cc1NC(=O)c1ccco1. The van der Waals surface area contributed by atoms with Crippen LogP contribution in [0.2, 0.25) is 0 Å². The minimum absolute atomic E-state index is 0.0251. The average Bonchev–Trinajstić information content (AvgIpc) is 2.91. The highest BCUT2D eigenvalue weighted by molar-refractivity contribution is 6.04. The van der Waals surface area contributed by atoms with E-state index in [9.17, 15) is 18.0 Å². The van der Waals surface area contributed by atoms with E-state index in [1.165, 1.54) is 24.5 Å². The molecule has 21 heavy (non-hydrogen) atoms. The van der Waals surface area contributed by atoms with Crippen LogP contribution in [0.25, 0.3) is 0 Å². The highest BCUT2D eigenvalue weighted by atomic mass is 19.4. The number of benzene rings is 1. The van der Waals surface area contributed by atoms with E-state index in [-0.39, 0.29) is 11.4 Å². The summed E-state index contributed by atoms with van der Waals surface area (Å²) in [5, 5.41) is 2.43. The number of amides is 1. The second kappa shape index (κ2) is 5.51. The van der Waals surface area contributed by atoms with Gasteiger partial charge in [0.15, 0.2) is 5.76 Å². The second-order valence-corrected chi connectivity index (χ2v) is 4.56.